The van der Waals surface area contributed by atoms with Crippen LogP contribution >= 0.6 is 11.6 Å². The first-order valence-corrected chi connectivity index (χ1v) is 5.64. The predicted octanol–water partition coefficient (Wildman–Crippen LogP) is 2.32. The van der Waals surface area contributed by atoms with E-state index < -0.39 is 27.2 Å². The molecule has 21 heavy (non-hydrogen) atoms. The van der Waals surface area contributed by atoms with Crippen LogP contribution < -0.4 is 10.5 Å². The Morgan fingerprint density at radius 2 is 1.90 bits per heavy atom. The summed E-state index contributed by atoms with van der Waals surface area (Å²) in [6, 6.07) is 3.41. The molecule has 0 atom stereocenters. The van der Waals surface area contributed by atoms with Crippen molar-refractivity contribution in [1.82, 2.24) is 9.97 Å². The molecule has 1 aromatic heterocycles. The first kappa shape index (κ1) is 14.4. The second kappa shape index (κ2) is 5.54. The maximum absolute atomic E-state index is 10.9. The Morgan fingerprint density at radius 1 is 1.19 bits per heavy atom. The SMILES string of the molecule is Nc1ncnc(Oc2cc([N+](=O)[O-])ccc2Cl)c1[N+](=O)[O-]. The Kier molecular flexibility index (Phi) is 3.80. The minimum Gasteiger partial charge on any atom is -0.432 e. The average molecular weight is 312 g/mol. The molecular weight excluding hydrogens is 306 g/mol. The fourth-order valence-electron chi connectivity index (χ4n) is 1.41. The summed E-state index contributed by atoms with van der Waals surface area (Å²) in [5, 5.41) is 21.6. The highest BCUT2D eigenvalue weighted by Gasteiger charge is 2.24. The van der Waals surface area contributed by atoms with E-state index in [1.54, 1.807) is 0 Å². The molecule has 2 N–H and O–H groups in total. The van der Waals surface area contributed by atoms with Crippen molar-refractivity contribution in [2.75, 3.05) is 5.73 Å². The molecule has 10 nitrogen and oxygen atoms in total. The van der Waals surface area contributed by atoms with Crippen molar-refractivity contribution in [3.05, 3.63) is 49.8 Å². The van der Waals surface area contributed by atoms with E-state index in [0.29, 0.717) is 0 Å². The number of rotatable bonds is 4. The largest absolute Gasteiger partial charge is 0.432 e. The molecule has 0 radical (unpaired) electrons. The number of aromatic nitrogens is 2. The highest BCUT2D eigenvalue weighted by Crippen LogP contribution is 2.36. The fourth-order valence-corrected chi connectivity index (χ4v) is 1.57. The lowest BCUT2D eigenvalue weighted by Gasteiger charge is -2.07. The first-order chi connectivity index (χ1) is 9.90. The minimum absolute atomic E-state index is 0.0204. The molecule has 0 unspecified atom stereocenters. The second-order valence-corrected chi connectivity index (χ2v) is 4.05. The van der Waals surface area contributed by atoms with Gasteiger partial charge in [-0.15, -0.1) is 0 Å². The number of benzene rings is 1. The van der Waals surface area contributed by atoms with Crippen molar-refractivity contribution in [2.24, 2.45) is 0 Å². The summed E-state index contributed by atoms with van der Waals surface area (Å²) < 4.78 is 5.16. The molecule has 0 bridgehead atoms. The van der Waals surface area contributed by atoms with Gasteiger partial charge in [-0.2, -0.15) is 4.98 Å². The molecule has 0 fully saturated rings. The molecule has 1 heterocycles. The van der Waals surface area contributed by atoms with E-state index in [2.05, 4.69) is 9.97 Å². The van der Waals surface area contributed by atoms with Gasteiger partial charge >= 0.3 is 11.6 Å². The van der Waals surface area contributed by atoms with Crippen LogP contribution in [0.2, 0.25) is 5.02 Å². The second-order valence-electron chi connectivity index (χ2n) is 3.64. The van der Waals surface area contributed by atoms with Crippen LogP contribution in [0.4, 0.5) is 17.2 Å². The lowest BCUT2D eigenvalue weighted by atomic mass is 10.3. The zero-order valence-corrected chi connectivity index (χ0v) is 10.9. The van der Waals surface area contributed by atoms with Gasteiger partial charge in [-0.3, -0.25) is 20.2 Å². The predicted molar refractivity (Wildman–Crippen MR) is 71.3 cm³/mol. The topological polar surface area (TPSA) is 147 Å². The molecule has 0 aliphatic rings. The standard InChI is InChI=1S/C10H6ClN5O5/c11-6-2-1-5(15(17)18)3-7(6)21-10-8(16(19)20)9(12)13-4-14-10/h1-4H,(H2,12,13,14). The normalized spacial score (nSPS) is 10.1. The third-order valence-corrected chi connectivity index (χ3v) is 2.64. The van der Waals surface area contributed by atoms with E-state index >= 15 is 0 Å². The van der Waals surface area contributed by atoms with E-state index in [9.17, 15) is 20.2 Å². The summed E-state index contributed by atoms with van der Waals surface area (Å²) in [5.74, 6) is -1.02. The zero-order valence-electron chi connectivity index (χ0n) is 10.1. The Labute approximate surface area is 121 Å². The van der Waals surface area contributed by atoms with Crippen molar-refractivity contribution < 1.29 is 14.6 Å². The number of nitrogens with zero attached hydrogens (tertiary/aromatic N) is 4. The van der Waals surface area contributed by atoms with Crippen molar-refractivity contribution in [2.45, 2.75) is 0 Å². The number of hydrogen-bond acceptors (Lipinski definition) is 8. The van der Waals surface area contributed by atoms with Crippen LogP contribution in [0.25, 0.3) is 0 Å². The lowest BCUT2D eigenvalue weighted by molar-refractivity contribution is -0.385. The monoisotopic (exact) mass is 311 g/mol. The van der Waals surface area contributed by atoms with E-state index in [-0.39, 0.29) is 16.5 Å². The third-order valence-electron chi connectivity index (χ3n) is 2.33. The fraction of sp³-hybridized carbons (Fsp3) is 0. The maximum Gasteiger partial charge on any atom is 0.372 e. The molecule has 108 valence electrons. The molecule has 0 aliphatic carbocycles. The van der Waals surface area contributed by atoms with Gasteiger partial charge in [-0.1, -0.05) is 11.6 Å². The van der Waals surface area contributed by atoms with Gasteiger partial charge in [0, 0.05) is 6.07 Å². The number of anilines is 1. The summed E-state index contributed by atoms with van der Waals surface area (Å²) in [4.78, 5) is 27.2. The Bertz CT molecular complexity index is 738. The summed E-state index contributed by atoms with van der Waals surface area (Å²) >= 11 is 5.83. The molecule has 11 heteroatoms. The van der Waals surface area contributed by atoms with Gasteiger partial charge in [-0.05, 0) is 6.07 Å². The number of nitro benzene ring substituents is 1. The molecule has 0 aliphatic heterocycles. The van der Waals surface area contributed by atoms with Crippen LogP contribution in [-0.4, -0.2) is 19.8 Å². The molecule has 0 spiro atoms. The number of hydrogen-bond donors (Lipinski definition) is 1. The Morgan fingerprint density at radius 3 is 2.52 bits per heavy atom. The molecule has 1 aromatic carbocycles. The number of nitro groups is 2. The van der Waals surface area contributed by atoms with Gasteiger partial charge in [0.05, 0.1) is 20.9 Å². The van der Waals surface area contributed by atoms with Crippen molar-refractivity contribution in [1.29, 1.82) is 0 Å². The molecule has 2 aromatic rings. The summed E-state index contributed by atoms with van der Waals surface area (Å²) in [6.07, 6.45) is 0.961. The van der Waals surface area contributed by atoms with Gasteiger partial charge in [0.2, 0.25) is 5.82 Å². The van der Waals surface area contributed by atoms with E-state index in [4.69, 9.17) is 22.1 Å². The number of nitrogens with two attached hydrogens (primary N) is 1. The molecule has 0 amide bonds. The van der Waals surface area contributed by atoms with Crippen LogP contribution in [0.1, 0.15) is 0 Å². The van der Waals surface area contributed by atoms with Crippen molar-refractivity contribution >= 4 is 28.8 Å². The summed E-state index contributed by atoms with van der Waals surface area (Å²) in [7, 11) is 0. The number of nitrogen functional groups attached to an aromatic ring is 1. The van der Waals surface area contributed by atoms with Crippen LogP contribution in [0, 0.1) is 20.2 Å². The highest BCUT2D eigenvalue weighted by atomic mass is 35.5. The van der Waals surface area contributed by atoms with E-state index in [1.807, 2.05) is 0 Å². The van der Waals surface area contributed by atoms with Gasteiger partial charge in [-0.25, -0.2) is 4.98 Å². The summed E-state index contributed by atoms with van der Waals surface area (Å²) in [6.45, 7) is 0. The van der Waals surface area contributed by atoms with Crippen LogP contribution in [-0.2, 0) is 0 Å². The average Bonchev–Trinajstić information content (AvgIpc) is 2.40. The maximum atomic E-state index is 10.9. The van der Waals surface area contributed by atoms with Crippen LogP contribution in [0.15, 0.2) is 24.5 Å². The smallest absolute Gasteiger partial charge is 0.372 e. The quantitative estimate of drug-likeness (QED) is 0.668. The molecule has 0 saturated heterocycles. The number of ether oxygens (including phenoxy) is 1. The molecular formula is C10H6ClN5O5. The van der Waals surface area contributed by atoms with Crippen molar-refractivity contribution in [3.63, 3.8) is 0 Å². The minimum atomic E-state index is -0.823. The van der Waals surface area contributed by atoms with Crippen LogP contribution in [0.5, 0.6) is 11.6 Å². The molecule has 0 saturated carbocycles. The van der Waals surface area contributed by atoms with E-state index in [1.165, 1.54) is 6.07 Å². The number of halogens is 1. The third kappa shape index (κ3) is 2.95. The number of non-ortho nitro benzene ring substituents is 1. The van der Waals surface area contributed by atoms with Gasteiger partial charge in [0.1, 0.15) is 6.33 Å². The lowest BCUT2D eigenvalue weighted by Crippen LogP contribution is -2.03. The Hall–Kier alpha value is -3.01. The first-order valence-electron chi connectivity index (χ1n) is 5.27. The Balaban J connectivity index is 2.48. The van der Waals surface area contributed by atoms with Gasteiger partial charge < -0.3 is 10.5 Å². The van der Waals surface area contributed by atoms with E-state index in [0.717, 1.165) is 18.5 Å². The van der Waals surface area contributed by atoms with Crippen molar-refractivity contribution in [3.8, 4) is 11.6 Å². The summed E-state index contributed by atoms with van der Waals surface area (Å²) in [5.41, 5.74) is 4.43. The highest BCUT2D eigenvalue weighted by molar-refractivity contribution is 6.32. The van der Waals surface area contributed by atoms with Gasteiger partial charge in [0.25, 0.3) is 5.69 Å². The van der Waals surface area contributed by atoms with Crippen LogP contribution in [0.3, 0.4) is 0 Å². The van der Waals surface area contributed by atoms with Gasteiger partial charge in [0.15, 0.2) is 5.75 Å². The zero-order chi connectivity index (χ0) is 15.6. The molecule has 2 rings (SSSR count).